The topological polar surface area (TPSA) is 105 Å². The van der Waals surface area contributed by atoms with Crippen molar-refractivity contribution in [2.75, 3.05) is 26.1 Å². The first-order valence-electron chi connectivity index (χ1n) is 9.31. The molecule has 0 bridgehead atoms. The fourth-order valence-electron chi connectivity index (χ4n) is 2.95. The normalized spacial score (nSPS) is 14.8. The molecule has 0 saturated carbocycles. The monoisotopic (exact) mass is 442 g/mol. The van der Waals surface area contributed by atoms with Crippen LogP contribution in [0.4, 0.5) is 10.5 Å². The molecule has 1 aliphatic heterocycles. The highest BCUT2D eigenvalue weighted by Crippen LogP contribution is 2.39. The van der Waals surface area contributed by atoms with Gasteiger partial charge in [0.1, 0.15) is 6.54 Å². The minimum Gasteiger partial charge on any atom is -0.502 e. The minimum absolute atomic E-state index is 0.152. The first-order chi connectivity index (χ1) is 14.7. The number of phenols is 1. The maximum absolute atomic E-state index is 12.7. The molecule has 1 saturated heterocycles. The summed E-state index contributed by atoms with van der Waals surface area (Å²) < 4.78 is 10.2. The zero-order valence-corrected chi connectivity index (χ0v) is 18.3. The number of imide groups is 1. The van der Waals surface area contributed by atoms with Gasteiger partial charge in [0.2, 0.25) is 11.7 Å². The van der Waals surface area contributed by atoms with Crippen LogP contribution in [0, 0.1) is 13.8 Å². The van der Waals surface area contributed by atoms with Crippen LogP contribution in [-0.4, -0.2) is 47.8 Å². The number of nitrogens with zero attached hydrogens (tertiary/aromatic N) is 1. The van der Waals surface area contributed by atoms with E-state index in [1.165, 1.54) is 32.4 Å². The van der Waals surface area contributed by atoms with E-state index in [4.69, 9.17) is 9.47 Å². The average Bonchev–Trinajstić information content (AvgIpc) is 2.99. The Labute approximate surface area is 183 Å². The predicted molar refractivity (Wildman–Crippen MR) is 118 cm³/mol. The Morgan fingerprint density at radius 2 is 1.74 bits per heavy atom. The molecular formula is C22H22N2O6S. The molecule has 3 amide bonds. The number of carbonyl (C=O) groups excluding carboxylic acids is 3. The lowest BCUT2D eigenvalue weighted by Crippen LogP contribution is -2.36. The Balaban J connectivity index is 1.76. The molecule has 1 heterocycles. The summed E-state index contributed by atoms with van der Waals surface area (Å²) in [5, 5.41) is 12.2. The maximum Gasteiger partial charge on any atom is 0.294 e. The number of ether oxygens (including phenoxy) is 2. The highest BCUT2D eigenvalue weighted by molar-refractivity contribution is 8.18. The fraction of sp³-hybridized carbons (Fsp3) is 0.227. The van der Waals surface area contributed by atoms with Gasteiger partial charge in [-0.3, -0.25) is 19.3 Å². The second-order valence-corrected chi connectivity index (χ2v) is 7.88. The third kappa shape index (κ3) is 4.83. The quantitative estimate of drug-likeness (QED) is 0.657. The molecule has 8 nitrogen and oxygen atoms in total. The van der Waals surface area contributed by atoms with Gasteiger partial charge < -0.3 is 19.9 Å². The molecule has 0 unspecified atom stereocenters. The second kappa shape index (κ2) is 9.13. The number of benzene rings is 2. The third-order valence-corrected chi connectivity index (χ3v) is 5.67. The molecule has 0 aromatic heterocycles. The van der Waals surface area contributed by atoms with E-state index in [-0.39, 0.29) is 22.2 Å². The van der Waals surface area contributed by atoms with Crippen molar-refractivity contribution in [3.8, 4) is 17.2 Å². The van der Waals surface area contributed by atoms with Crippen LogP contribution in [0.2, 0.25) is 0 Å². The second-order valence-electron chi connectivity index (χ2n) is 6.89. The van der Waals surface area contributed by atoms with E-state index in [2.05, 4.69) is 5.32 Å². The van der Waals surface area contributed by atoms with Crippen LogP contribution in [0.5, 0.6) is 17.2 Å². The van der Waals surface area contributed by atoms with Crippen LogP contribution >= 0.6 is 11.8 Å². The molecule has 3 rings (SSSR count). The van der Waals surface area contributed by atoms with Gasteiger partial charge in [0.05, 0.1) is 19.1 Å². The van der Waals surface area contributed by atoms with Gasteiger partial charge in [0.25, 0.3) is 11.1 Å². The van der Waals surface area contributed by atoms with Gasteiger partial charge in [-0.05, 0) is 72.6 Å². The number of hydrogen-bond acceptors (Lipinski definition) is 7. The standard InChI is InChI=1S/C22H22N2O6S/c1-12-5-6-15(7-13(12)2)23-19(25)11-24-21(27)18(31-22(24)28)10-14-8-16(29-3)20(26)17(9-14)30-4/h5-10,26H,11H2,1-4H3,(H,23,25)/b18-10+. The average molecular weight is 442 g/mol. The van der Waals surface area contributed by atoms with Crippen molar-refractivity contribution >= 4 is 40.6 Å². The van der Waals surface area contributed by atoms with Gasteiger partial charge in [-0.1, -0.05) is 6.07 Å². The molecule has 1 fully saturated rings. The molecule has 2 N–H and O–H groups in total. The van der Waals surface area contributed by atoms with Gasteiger partial charge in [0, 0.05) is 5.69 Å². The summed E-state index contributed by atoms with van der Waals surface area (Å²) in [5.74, 6) is -0.885. The fourth-order valence-corrected chi connectivity index (χ4v) is 3.79. The van der Waals surface area contributed by atoms with E-state index < -0.39 is 23.6 Å². The van der Waals surface area contributed by atoms with E-state index in [0.717, 1.165) is 27.8 Å². The Bertz CT molecular complexity index is 1070. The Kier molecular flexibility index (Phi) is 6.55. The van der Waals surface area contributed by atoms with Crippen molar-refractivity contribution in [1.82, 2.24) is 4.90 Å². The van der Waals surface area contributed by atoms with Crippen LogP contribution < -0.4 is 14.8 Å². The summed E-state index contributed by atoms with van der Waals surface area (Å²) in [6.45, 7) is 3.50. The lowest BCUT2D eigenvalue weighted by atomic mass is 10.1. The molecule has 0 atom stereocenters. The molecule has 9 heteroatoms. The highest BCUT2D eigenvalue weighted by atomic mass is 32.2. The first-order valence-corrected chi connectivity index (χ1v) is 10.1. The number of hydrogen-bond donors (Lipinski definition) is 2. The van der Waals surface area contributed by atoms with Gasteiger partial charge in [-0.2, -0.15) is 0 Å². The molecule has 31 heavy (non-hydrogen) atoms. The Morgan fingerprint density at radius 1 is 1.10 bits per heavy atom. The van der Waals surface area contributed by atoms with E-state index in [0.29, 0.717) is 11.3 Å². The van der Waals surface area contributed by atoms with Gasteiger partial charge in [-0.15, -0.1) is 0 Å². The Hall–Kier alpha value is -3.46. The van der Waals surface area contributed by atoms with Crippen molar-refractivity contribution in [1.29, 1.82) is 0 Å². The summed E-state index contributed by atoms with van der Waals surface area (Å²) in [6.07, 6.45) is 1.48. The third-order valence-electron chi connectivity index (χ3n) is 4.77. The summed E-state index contributed by atoms with van der Waals surface area (Å²) in [6, 6.07) is 8.50. The van der Waals surface area contributed by atoms with E-state index in [1.54, 1.807) is 6.07 Å². The molecule has 2 aromatic carbocycles. The highest BCUT2D eigenvalue weighted by Gasteiger charge is 2.36. The van der Waals surface area contributed by atoms with E-state index in [1.807, 2.05) is 26.0 Å². The summed E-state index contributed by atoms with van der Waals surface area (Å²) in [7, 11) is 2.78. The summed E-state index contributed by atoms with van der Waals surface area (Å²) >= 11 is 0.735. The van der Waals surface area contributed by atoms with Crippen LogP contribution in [0.15, 0.2) is 35.2 Å². The van der Waals surface area contributed by atoms with Gasteiger partial charge >= 0.3 is 0 Å². The molecule has 0 spiro atoms. The lowest BCUT2D eigenvalue weighted by molar-refractivity contribution is -0.127. The first kappa shape index (κ1) is 22.2. The van der Waals surface area contributed by atoms with E-state index >= 15 is 0 Å². The Morgan fingerprint density at radius 3 is 2.32 bits per heavy atom. The number of methoxy groups -OCH3 is 2. The number of aryl methyl sites for hydroxylation is 2. The maximum atomic E-state index is 12.7. The van der Waals surface area contributed by atoms with Crippen LogP contribution in [0.1, 0.15) is 16.7 Å². The molecular weight excluding hydrogens is 420 g/mol. The smallest absolute Gasteiger partial charge is 0.294 e. The zero-order chi connectivity index (χ0) is 22.7. The van der Waals surface area contributed by atoms with Crippen LogP contribution in [-0.2, 0) is 9.59 Å². The summed E-state index contributed by atoms with van der Waals surface area (Å²) in [5.41, 5.74) is 3.21. The van der Waals surface area contributed by atoms with Crippen molar-refractivity contribution in [3.63, 3.8) is 0 Å². The molecule has 2 aromatic rings. The SMILES string of the molecule is COc1cc(/C=C2/SC(=O)N(CC(=O)Nc3ccc(C)c(C)c3)C2=O)cc(OC)c1O. The number of thioether (sulfide) groups is 1. The van der Waals surface area contributed by atoms with Crippen molar-refractivity contribution < 1.29 is 29.0 Å². The minimum atomic E-state index is -0.573. The molecule has 0 aliphatic carbocycles. The molecule has 0 radical (unpaired) electrons. The molecule has 1 aliphatic rings. The van der Waals surface area contributed by atoms with Crippen molar-refractivity contribution in [2.45, 2.75) is 13.8 Å². The van der Waals surface area contributed by atoms with Gasteiger partial charge in [0.15, 0.2) is 11.5 Å². The summed E-state index contributed by atoms with van der Waals surface area (Å²) in [4.78, 5) is 38.5. The van der Waals surface area contributed by atoms with E-state index in [9.17, 15) is 19.5 Å². The number of rotatable bonds is 6. The van der Waals surface area contributed by atoms with Crippen molar-refractivity contribution in [3.05, 3.63) is 51.9 Å². The van der Waals surface area contributed by atoms with Crippen LogP contribution in [0.25, 0.3) is 6.08 Å². The van der Waals surface area contributed by atoms with Crippen LogP contribution in [0.3, 0.4) is 0 Å². The number of amides is 3. The largest absolute Gasteiger partial charge is 0.502 e. The van der Waals surface area contributed by atoms with Crippen molar-refractivity contribution in [2.24, 2.45) is 0 Å². The predicted octanol–water partition coefficient (Wildman–Crippen LogP) is 3.70. The number of anilines is 1. The lowest BCUT2D eigenvalue weighted by Gasteiger charge is -2.13. The molecule has 162 valence electrons. The zero-order valence-electron chi connectivity index (χ0n) is 17.5. The number of phenolic OH excluding ortho intramolecular Hbond substituents is 1. The number of nitrogens with one attached hydrogen (secondary N) is 1. The number of carbonyl (C=O) groups is 3. The van der Waals surface area contributed by atoms with Gasteiger partial charge in [-0.25, -0.2) is 0 Å². The number of aromatic hydroxyl groups is 1.